The molecule has 0 spiro atoms. The average molecular weight is 373 g/mol. The highest BCUT2D eigenvalue weighted by Gasteiger charge is 2.24. The van der Waals surface area contributed by atoms with Gasteiger partial charge in [0.05, 0.1) is 18.3 Å². The van der Waals surface area contributed by atoms with Gasteiger partial charge in [-0.1, -0.05) is 0 Å². The Morgan fingerprint density at radius 2 is 2.15 bits per heavy atom. The Hall–Kier alpha value is -2.42. The zero-order chi connectivity index (χ0) is 19.2. The summed E-state index contributed by atoms with van der Waals surface area (Å²) in [7, 11) is 1.63. The van der Waals surface area contributed by atoms with Crippen molar-refractivity contribution in [2.45, 2.75) is 12.5 Å². The second-order valence-corrected chi connectivity index (χ2v) is 6.69. The van der Waals surface area contributed by atoms with Crippen LogP contribution in [0.15, 0.2) is 30.6 Å². The number of nitrogens with zero attached hydrogens (tertiary/aromatic N) is 3. The number of nitrogens with two attached hydrogens (primary N) is 2. The molecule has 2 aromatic rings. The molecule has 2 atom stereocenters. The van der Waals surface area contributed by atoms with Crippen molar-refractivity contribution in [1.29, 1.82) is 0 Å². The van der Waals surface area contributed by atoms with Crippen LogP contribution in [0.25, 0.3) is 0 Å². The second kappa shape index (κ2) is 8.98. The van der Waals surface area contributed by atoms with Gasteiger partial charge < -0.3 is 30.9 Å². The summed E-state index contributed by atoms with van der Waals surface area (Å²) in [6.45, 7) is 2.80. The summed E-state index contributed by atoms with van der Waals surface area (Å²) in [6, 6.07) is 6.84. The van der Waals surface area contributed by atoms with Gasteiger partial charge in [-0.05, 0) is 24.6 Å². The third kappa shape index (κ3) is 4.65. The van der Waals surface area contributed by atoms with Gasteiger partial charge in [0.15, 0.2) is 0 Å². The predicted molar refractivity (Wildman–Crippen MR) is 104 cm³/mol. The van der Waals surface area contributed by atoms with E-state index in [1.807, 2.05) is 18.2 Å². The number of ether oxygens (including phenoxy) is 2. The van der Waals surface area contributed by atoms with E-state index in [4.69, 9.17) is 20.9 Å². The lowest BCUT2D eigenvalue weighted by Crippen LogP contribution is -2.23. The van der Waals surface area contributed by atoms with Gasteiger partial charge in [-0.3, -0.25) is 0 Å². The first-order valence-electron chi connectivity index (χ1n) is 9.07. The fraction of sp³-hybridized carbons (Fsp3) is 0.474. The molecule has 8 heteroatoms. The van der Waals surface area contributed by atoms with Crippen molar-refractivity contribution >= 4 is 11.5 Å². The maximum absolute atomic E-state index is 9.34. The standard InChI is InChI=1S/C19H27N5O3/c1-26-6-7-27-14-2-3-16(20)15(8-14)19(21)17-9-18(23-12-22-17)24-5-4-13(10-24)11-25/h2-3,8-9,12-13,19,25H,4-7,10-11,20-21H2,1H3. The van der Waals surface area contributed by atoms with Crippen LogP contribution in [0.3, 0.4) is 0 Å². The van der Waals surface area contributed by atoms with Gasteiger partial charge in [0.25, 0.3) is 0 Å². The summed E-state index contributed by atoms with van der Waals surface area (Å²) >= 11 is 0. The molecule has 2 heterocycles. The van der Waals surface area contributed by atoms with Crippen LogP contribution in [-0.2, 0) is 4.74 Å². The molecule has 27 heavy (non-hydrogen) atoms. The van der Waals surface area contributed by atoms with Gasteiger partial charge >= 0.3 is 0 Å². The van der Waals surface area contributed by atoms with Crippen molar-refractivity contribution in [2.24, 2.45) is 11.7 Å². The van der Waals surface area contributed by atoms with E-state index >= 15 is 0 Å². The number of nitrogen functional groups attached to an aromatic ring is 1. The van der Waals surface area contributed by atoms with Crippen molar-refractivity contribution < 1.29 is 14.6 Å². The SMILES string of the molecule is COCCOc1ccc(N)c(C(N)c2cc(N3CCC(CO)C3)ncn2)c1. The third-order valence-corrected chi connectivity index (χ3v) is 4.81. The average Bonchev–Trinajstić information content (AvgIpc) is 3.18. The number of methoxy groups -OCH3 is 1. The number of anilines is 2. The van der Waals surface area contributed by atoms with E-state index in [0.717, 1.165) is 30.9 Å². The van der Waals surface area contributed by atoms with Crippen molar-refractivity contribution in [3.63, 3.8) is 0 Å². The molecule has 0 bridgehead atoms. The Labute approximate surface area is 159 Å². The molecule has 8 nitrogen and oxygen atoms in total. The number of hydrogen-bond donors (Lipinski definition) is 3. The summed E-state index contributed by atoms with van der Waals surface area (Å²) in [6.07, 6.45) is 2.47. The minimum Gasteiger partial charge on any atom is -0.491 e. The molecular formula is C19H27N5O3. The van der Waals surface area contributed by atoms with Crippen LogP contribution in [0.1, 0.15) is 23.7 Å². The Morgan fingerprint density at radius 3 is 2.89 bits per heavy atom. The molecule has 2 unspecified atom stereocenters. The lowest BCUT2D eigenvalue weighted by Gasteiger charge is -2.20. The van der Waals surface area contributed by atoms with E-state index in [2.05, 4.69) is 14.9 Å². The van der Waals surface area contributed by atoms with Gasteiger partial charge in [-0.2, -0.15) is 0 Å². The van der Waals surface area contributed by atoms with Crippen molar-refractivity contribution in [1.82, 2.24) is 9.97 Å². The summed E-state index contributed by atoms with van der Waals surface area (Å²) < 4.78 is 10.7. The van der Waals surface area contributed by atoms with Crippen molar-refractivity contribution in [2.75, 3.05) is 50.7 Å². The molecule has 146 valence electrons. The van der Waals surface area contributed by atoms with Crippen LogP contribution < -0.4 is 21.1 Å². The number of aromatic nitrogens is 2. The van der Waals surface area contributed by atoms with E-state index in [-0.39, 0.29) is 12.5 Å². The zero-order valence-electron chi connectivity index (χ0n) is 15.5. The maximum atomic E-state index is 9.34. The summed E-state index contributed by atoms with van der Waals surface area (Å²) in [5, 5.41) is 9.34. The topological polar surface area (TPSA) is 120 Å². The minimum absolute atomic E-state index is 0.195. The first-order valence-corrected chi connectivity index (χ1v) is 9.07. The van der Waals surface area contributed by atoms with E-state index < -0.39 is 6.04 Å². The van der Waals surface area contributed by atoms with E-state index in [1.165, 1.54) is 6.33 Å². The van der Waals surface area contributed by atoms with Crippen molar-refractivity contribution in [3.05, 3.63) is 41.9 Å². The fourth-order valence-corrected chi connectivity index (χ4v) is 3.21. The Kier molecular flexibility index (Phi) is 6.44. The second-order valence-electron chi connectivity index (χ2n) is 6.69. The number of benzene rings is 1. The van der Waals surface area contributed by atoms with E-state index in [0.29, 0.717) is 30.3 Å². The molecule has 1 fully saturated rings. The molecule has 0 amide bonds. The molecule has 0 radical (unpaired) electrons. The van der Waals surface area contributed by atoms with Crippen molar-refractivity contribution in [3.8, 4) is 5.75 Å². The first kappa shape index (κ1) is 19.3. The van der Waals surface area contributed by atoms with Gasteiger partial charge in [0, 0.05) is 50.0 Å². The Morgan fingerprint density at radius 1 is 1.30 bits per heavy atom. The fourth-order valence-electron chi connectivity index (χ4n) is 3.21. The molecule has 5 N–H and O–H groups in total. The molecule has 1 aromatic heterocycles. The van der Waals surface area contributed by atoms with E-state index in [9.17, 15) is 5.11 Å². The molecule has 1 aliphatic rings. The van der Waals surface area contributed by atoms with Crippen LogP contribution in [0, 0.1) is 5.92 Å². The highest BCUT2D eigenvalue weighted by atomic mass is 16.5. The molecular weight excluding hydrogens is 346 g/mol. The summed E-state index contributed by atoms with van der Waals surface area (Å²) in [4.78, 5) is 10.9. The van der Waals surface area contributed by atoms with Gasteiger partial charge in [0.2, 0.25) is 0 Å². The number of hydrogen-bond acceptors (Lipinski definition) is 8. The lowest BCUT2D eigenvalue weighted by atomic mass is 10.0. The first-order chi connectivity index (χ1) is 13.1. The number of aliphatic hydroxyl groups is 1. The van der Waals surface area contributed by atoms with Crippen LogP contribution in [-0.4, -0.2) is 55.1 Å². The van der Waals surface area contributed by atoms with Crippen LogP contribution in [0.4, 0.5) is 11.5 Å². The smallest absolute Gasteiger partial charge is 0.132 e. The zero-order valence-corrected chi connectivity index (χ0v) is 15.5. The summed E-state index contributed by atoms with van der Waals surface area (Å²) in [5.74, 6) is 1.79. The van der Waals surface area contributed by atoms with Gasteiger partial charge in [0.1, 0.15) is 24.5 Å². The normalized spacial score (nSPS) is 17.9. The molecule has 1 aliphatic heterocycles. The molecule has 0 aliphatic carbocycles. The quantitative estimate of drug-likeness (QED) is 0.462. The largest absolute Gasteiger partial charge is 0.491 e. The molecule has 1 aromatic carbocycles. The number of rotatable bonds is 8. The maximum Gasteiger partial charge on any atom is 0.132 e. The van der Waals surface area contributed by atoms with Crippen LogP contribution >= 0.6 is 0 Å². The highest BCUT2D eigenvalue weighted by molar-refractivity contribution is 5.54. The molecule has 1 saturated heterocycles. The van der Waals surface area contributed by atoms with Crippen LogP contribution in [0.2, 0.25) is 0 Å². The molecule has 0 saturated carbocycles. The monoisotopic (exact) mass is 373 g/mol. The van der Waals surface area contributed by atoms with Crippen LogP contribution in [0.5, 0.6) is 5.75 Å². The Balaban J connectivity index is 1.78. The minimum atomic E-state index is -0.492. The summed E-state index contributed by atoms with van der Waals surface area (Å²) in [5.41, 5.74) is 14.6. The number of aliphatic hydroxyl groups excluding tert-OH is 1. The highest BCUT2D eigenvalue weighted by Crippen LogP contribution is 2.29. The molecule has 3 rings (SSSR count). The lowest BCUT2D eigenvalue weighted by molar-refractivity contribution is 0.146. The van der Waals surface area contributed by atoms with E-state index in [1.54, 1.807) is 13.2 Å². The van der Waals surface area contributed by atoms with Gasteiger partial charge in [-0.25, -0.2) is 9.97 Å². The third-order valence-electron chi connectivity index (χ3n) is 4.81. The Bertz CT molecular complexity index is 758. The predicted octanol–water partition coefficient (Wildman–Crippen LogP) is 0.951. The van der Waals surface area contributed by atoms with Gasteiger partial charge in [-0.15, -0.1) is 0 Å².